The highest BCUT2D eigenvalue weighted by atomic mass is 32.2. The Bertz CT molecular complexity index is 711. The molecule has 10 nitrogen and oxygen atoms in total. The van der Waals surface area contributed by atoms with Gasteiger partial charge < -0.3 is 24.1 Å². The smallest absolute Gasteiger partial charge is 0.303 e. The Kier molecular flexibility index (Phi) is 19.7. The first-order valence-electron chi connectivity index (χ1n) is 13.0. The molecule has 0 aromatic carbocycles. The van der Waals surface area contributed by atoms with Crippen LogP contribution in [0, 0.1) is 0 Å². The normalized spacial score (nSPS) is 14.1. The largest absolute Gasteiger partial charge is 0.463 e. The van der Waals surface area contributed by atoms with Gasteiger partial charge in [-0.2, -0.15) is 0 Å². The van der Waals surface area contributed by atoms with Gasteiger partial charge in [0.25, 0.3) is 0 Å². The molecule has 4 atom stereocenters. The molecule has 0 unspecified atom stereocenters. The van der Waals surface area contributed by atoms with Crippen molar-refractivity contribution in [2.24, 2.45) is 0 Å². The standard InChI is InChI=1S/C26H44O10S/c1-6-7-8-9-10-11-12-13-14-15-16-37-26(32)25(36-21(5)30)24(35-20(4)29)23(34-19(3)28)22(31)17-33-18(2)27/h22-25,31H,6-17H2,1-5H3/t22-,23-,24+,25-/m1/s1. The van der Waals surface area contributed by atoms with Crippen LogP contribution in [0.4, 0.5) is 0 Å². The summed E-state index contributed by atoms with van der Waals surface area (Å²) >= 11 is 0.911. The number of aliphatic hydroxyl groups is 1. The van der Waals surface area contributed by atoms with Crippen LogP contribution in [0.5, 0.6) is 0 Å². The van der Waals surface area contributed by atoms with Crippen LogP contribution < -0.4 is 0 Å². The van der Waals surface area contributed by atoms with Crippen molar-refractivity contribution in [3.63, 3.8) is 0 Å². The van der Waals surface area contributed by atoms with Gasteiger partial charge in [0.1, 0.15) is 12.7 Å². The molecule has 0 aliphatic heterocycles. The van der Waals surface area contributed by atoms with E-state index in [-0.39, 0.29) is 0 Å². The van der Waals surface area contributed by atoms with E-state index in [9.17, 15) is 29.1 Å². The molecule has 0 spiro atoms. The number of aliphatic hydroxyl groups excluding tert-OH is 1. The fourth-order valence-electron chi connectivity index (χ4n) is 3.62. The van der Waals surface area contributed by atoms with Gasteiger partial charge in [0, 0.05) is 33.4 Å². The Balaban J connectivity index is 5.17. The predicted octanol–water partition coefficient (Wildman–Crippen LogP) is 3.89. The number of ether oxygens (including phenoxy) is 4. The van der Waals surface area contributed by atoms with Crippen molar-refractivity contribution in [1.82, 2.24) is 0 Å². The Morgan fingerprint density at radius 3 is 1.57 bits per heavy atom. The van der Waals surface area contributed by atoms with Gasteiger partial charge in [-0.3, -0.25) is 24.0 Å². The van der Waals surface area contributed by atoms with Crippen LogP contribution in [0.25, 0.3) is 0 Å². The molecule has 0 amide bonds. The Hall–Kier alpha value is -2.14. The number of rotatable bonds is 20. The maximum Gasteiger partial charge on any atom is 0.303 e. The third-order valence-electron chi connectivity index (χ3n) is 5.33. The highest BCUT2D eigenvalue weighted by Gasteiger charge is 2.45. The predicted molar refractivity (Wildman–Crippen MR) is 139 cm³/mol. The second-order valence-electron chi connectivity index (χ2n) is 8.90. The molecule has 0 aromatic rings. The van der Waals surface area contributed by atoms with Crippen molar-refractivity contribution in [3.05, 3.63) is 0 Å². The number of thioether (sulfide) groups is 1. The third-order valence-corrected chi connectivity index (χ3v) is 6.34. The van der Waals surface area contributed by atoms with E-state index in [1.54, 1.807) is 0 Å². The van der Waals surface area contributed by atoms with Crippen molar-refractivity contribution in [1.29, 1.82) is 0 Å². The van der Waals surface area contributed by atoms with E-state index in [2.05, 4.69) is 6.92 Å². The van der Waals surface area contributed by atoms with Gasteiger partial charge in [0.05, 0.1) is 0 Å². The molecule has 37 heavy (non-hydrogen) atoms. The number of carbonyl (C=O) groups excluding carboxylic acids is 5. The lowest BCUT2D eigenvalue weighted by atomic mass is 10.0. The topological polar surface area (TPSA) is 143 Å². The first-order valence-corrected chi connectivity index (χ1v) is 14.0. The fourth-order valence-corrected chi connectivity index (χ4v) is 4.52. The molecule has 0 saturated carbocycles. The summed E-state index contributed by atoms with van der Waals surface area (Å²) in [5, 5.41) is 9.91. The van der Waals surface area contributed by atoms with Crippen LogP contribution in [0.15, 0.2) is 0 Å². The highest BCUT2D eigenvalue weighted by Crippen LogP contribution is 2.23. The van der Waals surface area contributed by atoms with Gasteiger partial charge in [0.2, 0.25) is 11.2 Å². The Labute approximate surface area is 224 Å². The molecule has 0 aliphatic carbocycles. The maximum absolute atomic E-state index is 13.0. The lowest BCUT2D eigenvalue weighted by Gasteiger charge is -2.33. The van der Waals surface area contributed by atoms with E-state index in [1.165, 1.54) is 38.5 Å². The van der Waals surface area contributed by atoms with Gasteiger partial charge in [0.15, 0.2) is 12.2 Å². The maximum atomic E-state index is 13.0. The zero-order chi connectivity index (χ0) is 28.2. The zero-order valence-electron chi connectivity index (χ0n) is 22.8. The molecule has 1 N–H and O–H groups in total. The molecule has 0 rings (SSSR count). The van der Waals surface area contributed by atoms with Gasteiger partial charge in [-0.15, -0.1) is 0 Å². The third kappa shape index (κ3) is 17.9. The molecule has 0 aromatic heterocycles. The van der Waals surface area contributed by atoms with E-state index < -0.39 is 60.0 Å². The molecule has 0 heterocycles. The van der Waals surface area contributed by atoms with E-state index in [0.717, 1.165) is 65.1 Å². The summed E-state index contributed by atoms with van der Waals surface area (Å²) in [6.45, 7) is 5.90. The summed E-state index contributed by atoms with van der Waals surface area (Å²) in [6, 6.07) is 0. The van der Waals surface area contributed by atoms with Crippen LogP contribution in [0.1, 0.15) is 98.8 Å². The minimum Gasteiger partial charge on any atom is -0.463 e. The Morgan fingerprint density at radius 1 is 0.649 bits per heavy atom. The zero-order valence-corrected chi connectivity index (χ0v) is 23.6. The minimum atomic E-state index is -1.66. The molecular weight excluding hydrogens is 504 g/mol. The average Bonchev–Trinajstić information content (AvgIpc) is 2.81. The summed E-state index contributed by atoms with van der Waals surface area (Å²) in [4.78, 5) is 59.5. The molecule has 0 bridgehead atoms. The first-order chi connectivity index (χ1) is 17.5. The Morgan fingerprint density at radius 2 is 1.11 bits per heavy atom. The van der Waals surface area contributed by atoms with Crippen LogP contribution >= 0.6 is 11.8 Å². The van der Waals surface area contributed by atoms with Gasteiger partial charge in [-0.05, 0) is 6.42 Å². The molecule has 0 saturated heterocycles. The van der Waals surface area contributed by atoms with E-state index in [1.807, 2.05) is 0 Å². The summed E-state index contributed by atoms with van der Waals surface area (Å²) in [6.07, 6.45) is 4.82. The molecule has 11 heteroatoms. The summed E-state index contributed by atoms with van der Waals surface area (Å²) in [5.41, 5.74) is 0. The number of hydrogen-bond donors (Lipinski definition) is 1. The van der Waals surface area contributed by atoms with Gasteiger partial charge >= 0.3 is 23.9 Å². The van der Waals surface area contributed by atoms with Crippen LogP contribution in [0.3, 0.4) is 0 Å². The monoisotopic (exact) mass is 548 g/mol. The van der Waals surface area contributed by atoms with Crippen molar-refractivity contribution < 1.29 is 48.0 Å². The number of carbonyl (C=O) groups is 5. The van der Waals surface area contributed by atoms with Crippen molar-refractivity contribution in [2.75, 3.05) is 12.4 Å². The lowest BCUT2D eigenvalue weighted by Crippen LogP contribution is -2.53. The molecule has 0 radical (unpaired) electrons. The number of hydrogen-bond acceptors (Lipinski definition) is 11. The van der Waals surface area contributed by atoms with E-state index >= 15 is 0 Å². The molecule has 0 aliphatic rings. The number of unbranched alkanes of at least 4 members (excludes halogenated alkanes) is 9. The molecule has 0 fully saturated rings. The second kappa shape index (κ2) is 20.9. The van der Waals surface area contributed by atoms with E-state index in [0.29, 0.717) is 5.75 Å². The summed E-state index contributed by atoms with van der Waals surface area (Å²) in [7, 11) is 0. The van der Waals surface area contributed by atoms with Crippen LogP contribution in [-0.4, -0.2) is 70.9 Å². The lowest BCUT2D eigenvalue weighted by molar-refractivity contribution is -0.195. The van der Waals surface area contributed by atoms with Crippen LogP contribution in [-0.2, 0) is 42.9 Å². The van der Waals surface area contributed by atoms with Gasteiger partial charge in [-0.25, -0.2) is 0 Å². The van der Waals surface area contributed by atoms with Gasteiger partial charge in [-0.1, -0.05) is 76.5 Å². The van der Waals surface area contributed by atoms with Crippen molar-refractivity contribution in [3.8, 4) is 0 Å². The van der Waals surface area contributed by atoms with Crippen molar-refractivity contribution >= 4 is 40.8 Å². The van der Waals surface area contributed by atoms with Crippen molar-refractivity contribution in [2.45, 2.75) is 123 Å². The highest BCUT2D eigenvalue weighted by molar-refractivity contribution is 8.13. The second-order valence-corrected chi connectivity index (χ2v) is 10.00. The summed E-state index contributed by atoms with van der Waals surface area (Å²) in [5.74, 6) is -2.79. The average molecular weight is 549 g/mol. The van der Waals surface area contributed by atoms with E-state index in [4.69, 9.17) is 18.9 Å². The minimum absolute atomic E-state index is 0.453. The molecular formula is C26H44O10S. The number of esters is 4. The summed E-state index contributed by atoms with van der Waals surface area (Å²) < 4.78 is 20.3. The first kappa shape index (κ1) is 34.9. The fraction of sp³-hybridized carbons (Fsp3) is 0.808. The quantitative estimate of drug-likeness (QED) is 0.134. The van der Waals surface area contributed by atoms with Crippen LogP contribution in [0.2, 0.25) is 0 Å². The molecule has 214 valence electrons. The SMILES string of the molecule is CCCCCCCCCCCCSC(=O)[C@H](OC(C)=O)[C@@H](OC(C)=O)[C@H](OC(C)=O)[C@H](O)COC(C)=O.